The highest BCUT2D eigenvalue weighted by molar-refractivity contribution is 7.92. The molecular weight excluding hydrogens is 405 g/mol. The first-order valence-corrected chi connectivity index (χ1v) is 10.7. The summed E-state index contributed by atoms with van der Waals surface area (Å²) in [5.41, 5.74) is 1.96. The van der Waals surface area contributed by atoms with Crippen LogP contribution in [0.5, 0.6) is 0 Å². The summed E-state index contributed by atoms with van der Waals surface area (Å²) in [5, 5.41) is 5.82. The van der Waals surface area contributed by atoms with Gasteiger partial charge in [-0.3, -0.25) is 9.52 Å². The molecule has 0 fully saturated rings. The Hall–Kier alpha value is -2.45. The van der Waals surface area contributed by atoms with Crippen LogP contribution in [0, 0.1) is 5.82 Å². The molecule has 0 unspecified atom stereocenters. The molecule has 1 atom stereocenters. The second-order valence-electron chi connectivity index (χ2n) is 6.35. The van der Waals surface area contributed by atoms with E-state index in [1.807, 2.05) is 0 Å². The molecule has 2 aromatic rings. The fraction of sp³-hybridized carbons (Fsp3) is 0.263. The zero-order chi connectivity index (χ0) is 20.5. The molecule has 0 aliphatic carbocycles. The average molecular weight is 424 g/mol. The lowest BCUT2D eigenvalue weighted by molar-refractivity contribution is -0.130. The highest BCUT2D eigenvalue weighted by Crippen LogP contribution is 2.37. The van der Waals surface area contributed by atoms with Gasteiger partial charge in [-0.1, -0.05) is 29.8 Å². The summed E-state index contributed by atoms with van der Waals surface area (Å²) in [5.74, 6) is -0.851. The molecule has 148 valence electrons. The van der Waals surface area contributed by atoms with E-state index in [-0.39, 0.29) is 22.2 Å². The number of sulfonamides is 1. The number of nitrogens with one attached hydrogen (secondary N) is 1. The fourth-order valence-electron chi connectivity index (χ4n) is 3.01. The zero-order valence-electron chi connectivity index (χ0n) is 15.3. The van der Waals surface area contributed by atoms with Gasteiger partial charge in [0.1, 0.15) is 5.82 Å². The van der Waals surface area contributed by atoms with Crippen LogP contribution >= 0.6 is 11.6 Å². The van der Waals surface area contributed by atoms with Crippen LogP contribution in [-0.4, -0.2) is 30.8 Å². The van der Waals surface area contributed by atoms with Gasteiger partial charge in [-0.2, -0.15) is 5.10 Å². The molecule has 1 amide bonds. The first kappa shape index (κ1) is 20.3. The van der Waals surface area contributed by atoms with Gasteiger partial charge in [0.25, 0.3) is 0 Å². The van der Waals surface area contributed by atoms with Crippen LogP contribution in [0.15, 0.2) is 47.6 Å². The molecule has 28 heavy (non-hydrogen) atoms. The van der Waals surface area contributed by atoms with Gasteiger partial charge in [-0.05, 0) is 36.8 Å². The number of hydrazone groups is 1. The van der Waals surface area contributed by atoms with E-state index in [0.717, 1.165) is 0 Å². The van der Waals surface area contributed by atoms with Crippen LogP contribution in [0.25, 0.3) is 0 Å². The monoisotopic (exact) mass is 423 g/mol. The van der Waals surface area contributed by atoms with E-state index in [9.17, 15) is 17.6 Å². The lowest BCUT2D eigenvalue weighted by Gasteiger charge is -2.21. The predicted octanol–water partition coefficient (Wildman–Crippen LogP) is 3.94. The van der Waals surface area contributed by atoms with E-state index in [2.05, 4.69) is 9.82 Å². The van der Waals surface area contributed by atoms with Crippen molar-refractivity contribution in [1.82, 2.24) is 5.01 Å². The van der Waals surface area contributed by atoms with Gasteiger partial charge >= 0.3 is 0 Å². The Bertz CT molecular complexity index is 1020. The second-order valence-corrected chi connectivity index (χ2v) is 8.77. The molecule has 2 aromatic carbocycles. The van der Waals surface area contributed by atoms with E-state index in [1.54, 1.807) is 37.3 Å². The maximum Gasteiger partial charge on any atom is 0.240 e. The lowest BCUT2D eigenvalue weighted by Crippen LogP contribution is -2.25. The number of carbonyl (C=O) groups is 1. The van der Waals surface area contributed by atoms with Crippen molar-refractivity contribution in [2.45, 2.75) is 26.3 Å². The summed E-state index contributed by atoms with van der Waals surface area (Å²) < 4.78 is 40.2. The smallest absolute Gasteiger partial charge is 0.240 e. The molecule has 0 aromatic heterocycles. The molecular formula is C19H19ClFN3O3S. The number of halogens is 2. The summed E-state index contributed by atoms with van der Waals surface area (Å²) >= 11 is 6.18. The maximum atomic E-state index is 14.4. The first-order chi connectivity index (χ1) is 13.2. The Balaban J connectivity index is 1.89. The van der Waals surface area contributed by atoms with E-state index in [4.69, 9.17) is 11.6 Å². The van der Waals surface area contributed by atoms with Crippen LogP contribution in [-0.2, 0) is 14.8 Å². The molecule has 0 radical (unpaired) electrons. The number of nitrogens with zero attached hydrogens (tertiary/aromatic N) is 2. The minimum Gasteiger partial charge on any atom is -0.284 e. The first-order valence-electron chi connectivity index (χ1n) is 8.64. The van der Waals surface area contributed by atoms with Gasteiger partial charge in [-0.15, -0.1) is 0 Å². The molecule has 9 heteroatoms. The van der Waals surface area contributed by atoms with Crippen LogP contribution in [0.3, 0.4) is 0 Å². The Labute approximate surface area is 168 Å². The minimum absolute atomic E-state index is 0.0277. The van der Waals surface area contributed by atoms with Crippen molar-refractivity contribution in [3.63, 3.8) is 0 Å². The Morgan fingerprint density at radius 3 is 2.54 bits per heavy atom. The van der Waals surface area contributed by atoms with Gasteiger partial charge < -0.3 is 0 Å². The molecule has 0 spiro atoms. The number of hydrogen-bond acceptors (Lipinski definition) is 4. The molecule has 6 nitrogen and oxygen atoms in total. The Morgan fingerprint density at radius 2 is 1.96 bits per heavy atom. The number of benzene rings is 2. The Kier molecular flexibility index (Phi) is 5.71. The summed E-state index contributed by atoms with van der Waals surface area (Å²) in [7, 11) is -3.37. The van der Waals surface area contributed by atoms with Crippen LogP contribution in [0.4, 0.5) is 10.1 Å². The SMILES string of the molecule is CCS(=O)(=O)Nc1ccc(C2=NN(C(C)=O)[C@H](c3c(F)cccc3Cl)C2)cc1. The highest BCUT2D eigenvalue weighted by atomic mass is 35.5. The van der Waals surface area contributed by atoms with Crippen LogP contribution < -0.4 is 4.72 Å². The van der Waals surface area contributed by atoms with Gasteiger partial charge in [0, 0.05) is 29.6 Å². The third kappa shape index (κ3) is 4.18. The van der Waals surface area contributed by atoms with Crippen molar-refractivity contribution in [3.8, 4) is 0 Å². The number of hydrogen-bond donors (Lipinski definition) is 1. The molecule has 0 saturated heterocycles. The van der Waals surface area contributed by atoms with Crippen LogP contribution in [0.1, 0.15) is 37.4 Å². The lowest BCUT2D eigenvalue weighted by atomic mass is 9.98. The van der Waals surface area contributed by atoms with Gasteiger partial charge in [0.2, 0.25) is 15.9 Å². The summed E-state index contributed by atoms with van der Waals surface area (Å²) in [6.45, 7) is 2.91. The van der Waals surface area contributed by atoms with Crippen molar-refractivity contribution < 1.29 is 17.6 Å². The van der Waals surface area contributed by atoms with Gasteiger partial charge in [0.05, 0.1) is 17.5 Å². The van der Waals surface area contributed by atoms with E-state index in [1.165, 1.54) is 24.1 Å². The summed E-state index contributed by atoms with van der Waals surface area (Å²) in [4.78, 5) is 12.0. The fourth-order valence-corrected chi connectivity index (χ4v) is 3.94. The van der Waals surface area contributed by atoms with Gasteiger partial charge in [0.15, 0.2) is 0 Å². The molecule has 0 saturated carbocycles. The third-order valence-corrected chi connectivity index (χ3v) is 6.07. The highest BCUT2D eigenvalue weighted by Gasteiger charge is 2.34. The molecule has 1 N–H and O–H groups in total. The maximum absolute atomic E-state index is 14.4. The van der Waals surface area contributed by atoms with Crippen LogP contribution in [0.2, 0.25) is 5.02 Å². The number of anilines is 1. The molecule has 1 aliphatic rings. The van der Waals surface area contributed by atoms with Crippen molar-refractivity contribution in [3.05, 3.63) is 64.4 Å². The van der Waals surface area contributed by atoms with Crippen molar-refractivity contribution in [2.75, 3.05) is 10.5 Å². The van der Waals surface area contributed by atoms with Crippen molar-refractivity contribution in [2.24, 2.45) is 5.10 Å². The topological polar surface area (TPSA) is 78.8 Å². The Morgan fingerprint density at radius 1 is 1.29 bits per heavy atom. The van der Waals surface area contributed by atoms with E-state index < -0.39 is 21.9 Å². The minimum atomic E-state index is -3.37. The van der Waals surface area contributed by atoms with E-state index >= 15 is 0 Å². The third-order valence-electron chi connectivity index (χ3n) is 4.44. The molecule has 1 aliphatic heterocycles. The summed E-state index contributed by atoms with van der Waals surface area (Å²) in [6, 6.07) is 10.4. The van der Waals surface area contributed by atoms with Crippen molar-refractivity contribution in [1.29, 1.82) is 0 Å². The molecule has 1 heterocycles. The van der Waals surface area contributed by atoms with E-state index in [0.29, 0.717) is 23.4 Å². The predicted molar refractivity (Wildman–Crippen MR) is 107 cm³/mol. The second kappa shape index (κ2) is 7.89. The quantitative estimate of drug-likeness (QED) is 0.791. The standard InChI is InChI=1S/C19H19ClFN3O3S/c1-3-28(26,27)23-14-9-7-13(8-10-14)17-11-18(24(22-17)12(2)25)19-15(20)5-4-6-16(19)21/h4-10,18,23H,3,11H2,1-2H3/t18-/m0/s1. The number of carbonyl (C=O) groups excluding carboxylic acids is 1. The molecule has 3 rings (SSSR count). The van der Waals surface area contributed by atoms with Crippen molar-refractivity contribution >= 4 is 38.9 Å². The number of rotatable bonds is 5. The average Bonchev–Trinajstić information content (AvgIpc) is 3.07. The molecule has 0 bridgehead atoms. The normalized spacial score (nSPS) is 16.8. The number of amides is 1. The largest absolute Gasteiger partial charge is 0.284 e. The summed E-state index contributed by atoms with van der Waals surface area (Å²) in [6.07, 6.45) is 0.292. The van der Waals surface area contributed by atoms with Gasteiger partial charge in [-0.25, -0.2) is 17.8 Å². The zero-order valence-corrected chi connectivity index (χ0v) is 16.9.